The molecule has 0 radical (unpaired) electrons. The van der Waals surface area contributed by atoms with E-state index in [-0.39, 0.29) is 81.4 Å². The minimum Gasteiger partial charge on any atom is -0.481 e. The van der Waals surface area contributed by atoms with Crippen molar-refractivity contribution in [3.05, 3.63) is 48.0 Å². The van der Waals surface area contributed by atoms with Crippen LogP contribution in [0, 0.1) is 11.8 Å². The van der Waals surface area contributed by atoms with Crippen molar-refractivity contribution in [1.29, 1.82) is 0 Å². The summed E-state index contributed by atoms with van der Waals surface area (Å²) in [5, 5.41) is 62.0. The van der Waals surface area contributed by atoms with E-state index in [1.54, 1.807) is 9.80 Å². The molecule has 0 unspecified atom stereocenters. The number of rotatable bonds is 27. The fraction of sp³-hybridized carbons (Fsp3) is 0.600. The number of nitrogens with zero attached hydrogens (tertiary/aromatic N) is 4. The van der Waals surface area contributed by atoms with E-state index in [4.69, 9.17) is 5.11 Å². The number of amides is 5. The molecule has 10 N–H and O–H groups in total. The molecule has 2 fully saturated rings. The number of hydrogen-bond acceptors (Lipinski definition) is 14. The van der Waals surface area contributed by atoms with E-state index < -0.39 is 72.8 Å². The molecule has 4 rings (SSSR count). The highest BCUT2D eigenvalue weighted by Gasteiger charge is 2.31. The number of fused-ring (bicyclic) bond motifs is 1. The summed E-state index contributed by atoms with van der Waals surface area (Å²) in [6.07, 6.45) is 2.05. The molecule has 24 nitrogen and oxygen atoms in total. The van der Waals surface area contributed by atoms with Gasteiger partial charge in [-0.2, -0.15) is 0 Å². The summed E-state index contributed by atoms with van der Waals surface area (Å²) in [6, 6.07) is 8.52. The van der Waals surface area contributed by atoms with Gasteiger partial charge in [-0.25, -0.2) is 14.4 Å². The Balaban J connectivity index is 1.30. The van der Waals surface area contributed by atoms with E-state index in [0.29, 0.717) is 91.0 Å². The lowest BCUT2D eigenvalue weighted by Gasteiger charge is -2.33. The number of hydrogen-bond donors (Lipinski definition) is 10. The lowest BCUT2D eigenvalue weighted by molar-refractivity contribution is -0.141. The molecule has 2 aliphatic rings. The van der Waals surface area contributed by atoms with Gasteiger partial charge >= 0.3 is 35.9 Å². The highest BCUT2D eigenvalue weighted by Crippen LogP contribution is 2.29. The van der Waals surface area contributed by atoms with Crippen LogP contribution in [0.4, 0.5) is 4.79 Å². The summed E-state index contributed by atoms with van der Waals surface area (Å²) >= 11 is 0. The van der Waals surface area contributed by atoms with Gasteiger partial charge in [0.25, 0.3) is 0 Å². The maximum Gasteiger partial charge on any atom is 0.326 e. The van der Waals surface area contributed by atoms with E-state index in [0.717, 1.165) is 16.3 Å². The van der Waals surface area contributed by atoms with Gasteiger partial charge in [0.15, 0.2) is 0 Å². The van der Waals surface area contributed by atoms with Crippen molar-refractivity contribution in [1.82, 2.24) is 46.2 Å². The minimum absolute atomic E-state index is 0.0342. The van der Waals surface area contributed by atoms with Gasteiger partial charge in [0.2, 0.25) is 17.7 Å². The number of Topliss-reactive ketones (excluding diaryl/α,β-unsaturated/α-hetero) is 1. The Bertz CT molecular complexity index is 2230. The van der Waals surface area contributed by atoms with Crippen LogP contribution >= 0.6 is 0 Å². The minimum atomic E-state index is -1.55. The van der Waals surface area contributed by atoms with Crippen molar-refractivity contribution < 1.29 is 73.5 Å². The maximum absolute atomic E-state index is 13.8. The zero-order valence-corrected chi connectivity index (χ0v) is 42.0. The van der Waals surface area contributed by atoms with Gasteiger partial charge in [0.1, 0.15) is 23.9 Å². The van der Waals surface area contributed by atoms with Crippen molar-refractivity contribution in [2.75, 3.05) is 91.6 Å². The Labute approximate surface area is 429 Å². The zero-order valence-electron chi connectivity index (χ0n) is 42.0. The normalized spacial score (nSPS) is 18.8. The first-order valence-corrected chi connectivity index (χ1v) is 25.1. The summed E-state index contributed by atoms with van der Waals surface area (Å²) < 4.78 is 0. The van der Waals surface area contributed by atoms with Crippen molar-refractivity contribution in [3.63, 3.8) is 0 Å². The quantitative estimate of drug-likeness (QED) is 0.0532. The zero-order chi connectivity index (χ0) is 54.2. The summed E-state index contributed by atoms with van der Waals surface area (Å²) in [4.78, 5) is 130. The third kappa shape index (κ3) is 22.6. The predicted molar refractivity (Wildman–Crippen MR) is 268 cm³/mol. The van der Waals surface area contributed by atoms with Crippen molar-refractivity contribution in [2.45, 2.75) is 89.3 Å². The Morgan fingerprint density at radius 3 is 1.62 bits per heavy atom. The monoisotopic (exact) mass is 1040 g/mol. The molecule has 24 heteroatoms. The number of unbranched alkanes of at least 4 members (excludes halogenated alkanes) is 1. The molecular weight excluding hydrogens is 967 g/mol. The summed E-state index contributed by atoms with van der Waals surface area (Å²) in [7, 11) is 0. The lowest BCUT2D eigenvalue weighted by atomic mass is 9.81. The second-order valence-electron chi connectivity index (χ2n) is 19.2. The van der Waals surface area contributed by atoms with Crippen LogP contribution in [0.3, 0.4) is 0 Å². The van der Waals surface area contributed by atoms with Gasteiger partial charge in [0, 0.05) is 84.2 Å². The van der Waals surface area contributed by atoms with E-state index in [9.17, 15) is 68.4 Å². The van der Waals surface area contributed by atoms with Crippen LogP contribution in [0.2, 0.25) is 0 Å². The summed E-state index contributed by atoms with van der Waals surface area (Å²) in [6.45, 7) is 4.62. The molecule has 2 aromatic carbocycles. The molecule has 1 heterocycles. The van der Waals surface area contributed by atoms with Gasteiger partial charge in [-0.15, -0.1) is 0 Å². The van der Waals surface area contributed by atoms with Gasteiger partial charge in [-0.05, 0) is 80.5 Å². The SMILES string of the molecule is CC(=O)CN1CCN(CC(=O)O)CCN(CC(=O)O)CCN(CC(=O)NC[C@H]2CC[C@H](C(=O)N[C@@H](Cc3ccc4ccccc4c3)C(=O)NCCCC[C@H](NC(=O)N[C@@H](CCC(=O)O)C(=O)O)C(=O)O)CC2)CC1. The van der Waals surface area contributed by atoms with E-state index in [2.05, 4.69) is 26.6 Å². The molecule has 1 saturated heterocycles. The first-order valence-electron chi connectivity index (χ1n) is 25.1. The van der Waals surface area contributed by atoms with E-state index in [1.165, 1.54) is 6.92 Å². The molecule has 0 bridgehead atoms. The molecular formula is C50H73N9O15. The number of ketones is 1. The van der Waals surface area contributed by atoms with Crippen molar-refractivity contribution >= 4 is 70.2 Å². The number of benzene rings is 2. The smallest absolute Gasteiger partial charge is 0.326 e. The molecule has 2 aromatic rings. The Morgan fingerprint density at radius 2 is 1.09 bits per heavy atom. The van der Waals surface area contributed by atoms with Crippen LogP contribution in [0.25, 0.3) is 10.8 Å². The average molecular weight is 1040 g/mol. The summed E-state index contributed by atoms with van der Waals surface area (Å²) in [5.74, 6) is -7.45. The Kier molecular flexibility index (Phi) is 25.1. The third-order valence-electron chi connectivity index (χ3n) is 13.2. The largest absolute Gasteiger partial charge is 0.481 e. The number of carboxylic acids is 5. The molecule has 408 valence electrons. The van der Waals surface area contributed by atoms with Crippen LogP contribution in [0.1, 0.15) is 70.3 Å². The maximum atomic E-state index is 13.8. The van der Waals surface area contributed by atoms with Crippen LogP contribution in [-0.2, 0) is 49.6 Å². The first kappa shape index (κ1) is 59.8. The average Bonchev–Trinajstić information content (AvgIpc) is 3.34. The predicted octanol–water partition coefficient (Wildman–Crippen LogP) is 0.126. The topological polar surface area (TPSA) is 345 Å². The fourth-order valence-electron chi connectivity index (χ4n) is 9.10. The van der Waals surface area contributed by atoms with Gasteiger partial charge < -0.3 is 52.1 Å². The molecule has 74 heavy (non-hydrogen) atoms. The highest BCUT2D eigenvalue weighted by molar-refractivity contribution is 5.90. The van der Waals surface area contributed by atoms with E-state index >= 15 is 0 Å². The highest BCUT2D eigenvalue weighted by atomic mass is 16.4. The van der Waals surface area contributed by atoms with Crippen LogP contribution in [-0.4, -0.2) is 214 Å². The van der Waals surface area contributed by atoms with Gasteiger partial charge in [-0.1, -0.05) is 42.5 Å². The lowest BCUT2D eigenvalue weighted by Crippen LogP contribution is -2.51. The molecule has 5 amide bonds. The van der Waals surface area contributed by atoms with Gasteiger partial charge in [0.05, 0.1) is 26.2 Å². The molecule has 3 atom stereocenters. The number of carbonyl (C=O) groups excluding carboxylic acids is 5. The number of aliphatic carboxylic acids is 5. The second kappa shape index (κ2) is 31.1. The van der Waals surface area contributed by atoms with E-state index in [1.807, 2.05) is 52.3 Å². The number of carboxylic acid groups (broad SMARTS) is 5. The molecule has 0 aromatic heterocycles. The van der Waals surface area contributed by atoms with Crippen LogP contribution < -0.4 is 26.6 Å². The second-order valence-corrected chi connectivity index (χ2v) is 19.2. The van der Waals surface area contributed by atoms with Crippen LogP contribution in [0.15, 0.2) is 42.5 Å². The fourth-order valence-corrected chi connectivity index (χ4v) is 9.10. The Morgan fingerprint density at radius 1 is 0.568 bits per heavy atom. The van der Waals surface area contributed by atoms with Crippen LogP contribution in [0.5, 0.6) is 0 Å². The summed E-state index contributed by atoms with van der Waals surface area (Å²) in [5.41, 5.74) is 0.813. The number of urea groups is 1. The number of carbonyl (C=O) groups is 10. The molecule has 1 saturated carbocycles. The Hall–Kier alpha value is -6.76. The standard InChI is InChI=1S/C50H73N9O15/c1-33(60)29-56-18-20-57(21-23-59(32-45(66)67)25-24-58(22-19-56)31-44(64)65)30-42(61)52-28-34-9-13-37(14-10-34)46(68)53-41(27-35-11-12-36-6-2-3-7-38(36)26-35)47(69)51-17-5-4-8-39(48(70)71)54-50(74)55-40(49(72)73)15-16-43(62)63/h2-3,6-7,11-12,26,34,37,39-41H,4-5,8-10,13-25,27-32H2,1H3,(H,51,69)(H,52,61)(H,53,68)(H,62,63)(H,64,65)(H,66,67)(H,70,71)(H,72,73)(H2,54,55,74)/t34-,37-,39-,40-,41-/m0/s1. The molecule has 0 spiro atoms. The number of nitrogens with one attached hydrogen (secondary N) is 5. The third-order valence-corrected chi connectivity index (χ3v) is 13.2. The van der Waals surface area contributed by atoms with Gasteiger partial charge in [-0.3, -0.25) is 53.2 Å². The molecule has 1 aliphatic carbocycles. The van der Waals surface area contributed by atoms with Crippen molar-refractivity contribution in [2.24, 2.45) is 11.8 Å². The van der Waals surface area contributed by atoms with Crippen molar-refractivity contribution in [3.8, 4) is 0 Å². The molecule has 1 aliphatic heterocycles. The first-order chi connectivity index (χ1) is 35.2.